The van der Waals surface area contributed by atoms with E-state index in [2.05, 4.69) is 5.32 Å². The lowest BCUT2D eigenvalue weighted by atomic mass is 10.1. The summed E-state index contributed by atoms with van der Waals surface area (Å²) in [6, 6.07) is 9.01. The van der Waals surface area contributed by atoms with Gasteiger partial charge in [0.2, 0.25) is 21.8 Å². The van der Waals surface area contributed by atoms with E-state index in [0.29, 0.717) is 17.1 Å². The molecule has 0 spiro atoms. The maximum atomic E-state index is 13.7. The van der Waals surface area contributed by atoms with Gasteiger partial charge in [-0.2, -0.15) is 0 Å². The van der Waals surface area contributed by atoms with Gasteiger partial charge < -0.3 is 10.2 Å². The highest BCUT2D eigenvalue weighted by molar-refractivity contribution is 7.92. The Kier molecular flexibility index (Phi) is 11.1. The standard InChI is InChI=1S/C25H32ClF2N3O4S/c1-4-5-14-29-25(33)18(2)30(17-19-9-6-7-10-21(19)26)24(32)11-8-15-31(36(3,34)35)20-12-13-22(27)23(28)16-20/h6-7,9-10,12-13,16,18H,4-5,8,11,14-15,17H2,1-3H3,(H,29,33). The maximum absolute atomic E-state index is 13.7. The van der Waals surface area contributed by atoms with Gasteiger partial charge in [0, 0.05) is 37.1 Å². The number of carbonyl (C=O) groups excluding carboxylic acids is 2. The molecule has 0 aliphatic heterocycles. The summed E-state index contributed by atoms with van der Waals surface area (Å²) in [5.41, 5.74) is 0.626. The molecule has 2 aromatic carbocycles. The summed E-state index contributed by atoms with van der Waals surface area (Å²) >= 11 is 6.28. The van der Waals surface area contributed by atoms with Crippen LogP contribution in [-0.2, 0) is 26.2 Å². The Labute approximate surface area is 216 Å². The van der Waals surface area contributed by atoms with Crippen LogP contribution in [0.2, 0.25) is 5.02 Å². The molecular formula is C25H32ClF2N3O4S. The molecule has 0 aliphatic rings. The van der Waals surface area contributed by atoms with E-state index in [-0.39, 0.29) is 43.4 Å². The second-order valence-electron chi connectivity index (χ2n) is 8.47. The van der Waals surface area contributed by atoms with Crippen LogP contribution in [0, 0.1) is 11.6 Å². The first kappa shape index (κ1) is 29.5. The van der Waals surface area contributed by atoms with Crippen LogP contribution < -0.4 is 9.62 Å². The molecule has 0 saturated heterocycles. The third-order valence-corrected chi connectivity index (χ3v) is 7.20. The fraction of sp³-hybridized carbons (Fsp3) is 0.440. The summed E-state index contributed by atoms with van der Waals surface area (Å²) in [5.74, 6) is -2.94. The lowest BCUT2D eigenvalue weighted by molar-refractivity contribution is -0.140. The average molecular weight is 544 g/mol. The van der Waals surface area contributed by atoms with Crippen LogP contribution in [0.1, 0.15) is 45.1 Å². The maximum Gasteiger partial charge on any atom is 0.242 e. The molecule has 0 aliphatic carbocycles. The monoisotopic (exact) mass is 543 g/mol. The van der Waals surface area contributed by atoms with Gasteiger partial charge in [-0.1, -0.05) is 43.1 Å². The number of nitrogens with one attached hydrogen (secondary N) is 1. The molecule has 0 radical (unpaired) electrons. The first-order chi connectivity index (χ1) is 17.0. The van der Waals surface area contributed by atoms with Crippen molar-refractivity contribution in [3.8, 4) is 0 Å². The number of unbranched alkanes of at least 4 members (excludes halogenated alkanes) is 1. The van der Waals surface area contributed by atoms with Crippen LogP contribution in [0.5, 0.6) is 0 Å². The Morgan fingerprint density at radius 1 is 1.08 bits per heavy atom. The molecular weight excluding hydrogens is 512 g/mol. The minimum atomic E-state index is -3.82. The van der Waals surface area contributed by atoms with E-state index < -0.39 is 27.7 Å². The van der Waals surface area contributed by atoms with Crippen molar-refractivity contribution in [1.29, 1.82) is 0 Å². The summed E-state index contributed by atoms with van der Waals surface area (Å²) in [6.45, 7) is 4.08. The van der Waals surface area contributed by atoms with Gasteiger partial charge in [-0.05, 0) is 43.5 Å². The summed E-state index contributed by atoms with van der Waals surface area (Å²) in [5, 5.41) is 3.28. The van der Waals surface area contributed by atoms with Crippen molar-refractivity contribution in [2.45, 2.75) is 52.1 Å². The Morgan fingerprint density at radius 3 is 2.39 bits per heavy atom. The second kappa shape index (κ2) is 13.5. The molecule has 11 heteroatoms. The number of anilines is 1. The molecule has 0 aromatic heterocycles. The first-order valence-corrected chi connectivity index (χ1v) is 13.9. The zero-order chi connectivity index (χ0) is 26.9. The molecule has 198 valence electrons. The number of amides is 2. The van der Waals surface area contributed by atoms with Gasteiger partial charge in [0.05, 0.1) is 11.9 Å². The average Bonchev–Trinajstić information content (AvgIpc) is 2.82. The van der Waals surface area contributed by atoms with Crippen molar-refractivity contribution in [2.75, 3.05) is 23.7 Å². The van der Waals surface area contributed by atoms with E-state index in [1.807, 2.05) is 6.92 Å². The van der Waals surface area contributed by atoms with Gasteiger partial charge in [-0.15, -0.1) is 0 Å². The van der Waals surface area contributed by atoms with Gasteiger partial charge in [0.1, 0.15) is 6.04 Å². The van der Waals surface area contributed by atoms with E-state index in [1.54, 1.807) is 31.2 Å². The molecule has 2 amide bonds. The molecule has 0 fully saturated rings. The predicted molar refractivity (Wildman–Crippen MR) is 137 cm³/mol. The van der Waals surface area contributed by atoms with Crippen LogP contribution in [-0.4, -0.2) is 50.5 Å². The van der Waals surface area contributed by atoms with Crippen molar-refractivity contribution in [3.05, 3.63) is 64.7 Å². The summed E-state index contributed by atoms with van der Waals surface area (Å²) < 4.78 is 52.5. The lowest BCUT2D eigenvalue weighted by Gasteiger charge is -2.29. The van der Waals surface area contributed by atoms with Gasteiger partial charge in [-0.3, -0.25) is 13.9 Å². The smallest absolute Gasteiger partial charge is 0.242 e. The van der Waals surface area contributed by atoms with Crippen LogP contribution in [0.4, 0.5) is 14.5 Å². The lowest BCUT2D eigenvalue weighted by Crippen LogP contribution is -2.48. The number of hydrogen-bond acceptors (Lipinski definition) is 4. The van der Waals surface area contributed by atoms with Gasteiger partial charge >= 0.3 is 0 Å². The van der Waals surface area contributed by atoms with Crippen LogP contribution in [0.3, 0.4) is 0 Å². The van der Waals surface area contributed by atoms with Crippen molar-refractivity contribution < 1.29 is 26.8 Å². The third-order valence-electron chi connectivity index (χ3n) is 5.64. The first-order valence-electron chi connectivity index (χ1n) is 11.7. The SMILES string of the molecule is CCCCNC(=O)C(C)N(Cc1ccccc1Cl)C(=O)CCCN(c1ccc(F)c(F)c1)S(C)(=O)=O. The molecule has 0 saturated carbocycles. The zero-order valence-electron chi connectivity index (χ0n) is 20.6. The second-order valence-corrected chi connectivity index (χ2v) is 10.8. The minimum absolute atomic E-state index is 0.0413. The largest absolute Gasteiger partial charge is 0.354 e. The van der Waals surface area contributed by atoms with E-state index in [9.17, 15) is 26.8 Å². The Hall–Kier alpha value is -2.72. The third kappa shape index (κ3) is 8.44. The number of rotatable bonds is 13. The fourth-order valence-electron chi connectivity index (χ4n) is 3.57. The van der Waals surface area contributed by atoms with Gasteiger partial charge in [0.25, 0.3) is 0 Å². The van der Waals surface area contributed by atoms with E-state index >= 15 is 0 Å². The normalized spacial score (nSPS) is 12.2. The van der Waals surface area contributed by atoms with Crippen LogP contribution in [0.25, 0.3) is 0 Å². The minimum Gasteiger partial charge on any atom is -0.354 e. The highest BCUT2D eigenvalue weighted by atomic mass is 35.5. The van der Waals surface area contributed by atoms with Crippen molar-refractivity contribution in [3.63, 3.8) is 0 Å². The van der Waals surface area contributed by atoms with Gasteiger partial charge in [0.15, 0.2) is 11.6 Å². The molecule has 1 atom stereocenters. The Balaban J connectivity index is 2.17. The molecule has 2 rings (SSSR count). The van der Waals surface area contributed by atoms with E-state index in [0.717, 1.165) is 41.6 Å². The number of carbonyl (C=O) groups is 2. The van der Waals surface area contributed by atoms with Crippen molar-refractivity contribution in [1.82, 2.24) is 10.2 Å². The van der Waals surface area contributed by atoms with Crippen molar-refractivity contribution in [2.24, 2.45) is 0 Å². The molecule has 1 N–H and O–H groups in total. The number of halogens is 3. The molecule has 0 heterocycles. The Bertz CT molecular complexity index is 1160. The molecule has 2 aromatic rings. The summed E-state index contributed by atoms with van der Waals surface area (Å²) in [7, 11) is -3.82. The van der Waals surface area contributed by atoms with E-state index in [4.69, 9.17) is 11.6 Å². The topological polar surface area (TPSA) is 86.8 Å². The quantitative estimate of drug-likeness (QED) is 0.377. The van der Waals surface area contributed by atoms with Crippen LogP contribution in [0.15, 0.2) is 42.5 Å². The molecule has 1 unspecified atom stereocenters. The predicted octanol–water partition coefficient (Wildman–Crippen LogP) is 4.50. The molecule has 7 nitrogen and oxygen atoms in total. The summed E-state index contributed by atoms with van der Waals surface area (Å²) in [6.07, 6.45) is 2.68. The van der Waals surface area contributed by atoms with Crippen molar-refractivity contribution >= 4 is 39.1 Å². The zero-order valence-corrected chi connectivity index (χ0v) is 22.2. The Morgan fingerprint density at radius 2 is 1.78 bits per heavy atom. The fourth-order valence-corrected chi connectivity index (χ4v) is 4.73. The number of nitrogens with zero attached hydrogens (tertiary/aromatic N) is 2. The number of sulfonamides is 1. The van der Waals surface area contributed by atoms with E-state index in [1.165, 1.54) is 4.90 Å². The van der Waals surface area contributed by atoms with Gasteiger partial charge in [-0.25, -0.2) is 17.2 Å². The molecule has 36 heavy (non-hydrogen) atoms. The summed E-state index contributed by atoms with van der Waals surface area (Å²) in [4.78, 5) is 27.3. The highest BCUT2D eigenvalue weighted by Crippen LogP contribution is 2.22. The van der Waals surface area contributed by atoms with Crippen LogP contribution >= 0.6 is 11.6 Å². The number of hydrogen-bond donors (Lipinski definition) is 1. The highest BCUT2D eigenvalue weighted by Gasteiger charge is 2.27. The number of benzene rings is 2. The molecule has 0 bridgehead atoms.